The van der Waals surface area contributed by atoms with Crippen molar-refractivity contribution in [2.45, 2.75) is 13.8 Å². The van der Waals surface area contributed by atoms with E-state index in [0.717, 1.165) is 16.8 Å². The first-order chi connectivity index (χ1) is 8.99. The van der Waals surface area contributed by atoms with Crippen molar-refractivity contribution in [3.05, 3.63) is 65.0 Å². The molecule has 3 heteroatoms. The summed E-state index contributed by atoms with van der Waals surface area (Å²) in [6.07, 6.45) is 0. The molecule has 0 heterocycles. The number of hydrogen-bond donors (Lipinski definition) is 0. The van der Waals surface area contributed by atoms with E-state index in [4.69, 9.17) is 0 Å². The van der Waals surface area contributed by atoms with Gasteiger partial charge in [-0.25, -0.2) is 4.39 Å². The van der Waals surface area contributed by atoms with E-state index in [1.54, 1.807) is 20.0 Å². The Balaban J connectivity index is 2.30. The predicted molar refractivity (Wildman–Crippen MR) is 75.0 cm³/mol. The van der Waals surface area contributed by atoms with Crippen LogP contribution in [0.2, 0.25) is 0 Å². The number of carbonyl (C=O) groups excluding carboxylic acids is 1. The zero-order valence-corrected chi connectivity index (χ0v) is 11.3. The zero-order chi connectivity index (χ0) is 14.0. The maximum Gasteiger partial charge on any atom is 0.260 e. The van der Waals surface area contributed by atoms with Crippen LogP contribution in [-0.2, 0) is 0 Å². The maximum absolute atomic E-state index is 13.8. The molecule has 2 aromatic carbocycles. The van der Waals surface area contributed by atoms with E-state index in [1.807, 2.05) is 31.2 Å². The lowest BCUT2D eigenvalue weighted by molar-refractivity contribution is 0.0989. The Morgan fingerprint density at radius 2 is 1.58 bits per heavy atom. The van der Waals surface area contributed by atoms with Crippen LogP contribution < -0.4 is 4.90 Å². The lowest BCUT2D eigenvalue weighted by atomic mass is 10.1. The summed E-state index contributed by atoms with van der Waals surface area (Å²) in [6.45, 7) is 3.77. The Hall–Kier alpha value is -2.16. The highest BCUT2D eigenvalue weighted by atomic mass is 19.1. The Kier molecular flexibility index (Phi) is 3.65. The maximum atomic E-state index is 13.8. The molecule has 0 aromatic heterocycles. The molecule has 2 nitrogen and oxygen atoms in total. The molecule has 0 unspecified atom stereocenters. The quantitative estimate of drug-likeness (QED) is 0.803. The van der Waals surface area contributed by atoms with E-state index in [2.05, 4.69) is 0 Å². The van der Waals surface area contributed by atoms with Crippen LogP contribution in [-0.4, -0.2) is 13.0 Å². The van der Waals surface area contributed by atoms with Crippen LogP contribution in [0.4, 0.5) is 10.1 Å². The smallest absolute Gasteiger partial charge is 0.260 e. The van der Waals surface area contributed by atoms with Gasteiger partial charge in [-0.15, -0.1) is 0 Å². The van der Waals surface area contributed by atoms with Crippen LogP contribution in [0, 0.1) is 19.7 Å². The topological polar surface area (TPSA) is 20.3 Å². The molecule has 0 atom stereocenters. The minimum Gasteiger partial charge on any atom is -0.311 e. The SMILES string of the molecule is Cc1ccc(N(C)C(=O)c2ccc(C)cc2F)cc1. The molecule has 0 aliphatic heterocycles. The van der Waals surface area contributed by atoms with Crippen molar-refractivity contribution in [3.8, 4) is 0 Å². The van der Waals surface area contributed by atoms with Crippen LogP contribution in [0.15, 0.2) is 42.5 Å². The zero-order valence-electron chi connectivity index (χ0n) is 11.3. The second-order valence-corrected chi connectivity index (χ2v) is 4.68. The van der Waals surface area contributed by atoms with Crippen molar-refractivity contribution in [2.75, 3.05) is 11.9 Å². The summed E-state index contributed by atoms with van der Waals surface area (Å²) in [5, 5.41) is 0. The molecule has 19 heavy (non-hydrogen) atoms. The third-order valence-electron chi connectivity index (χ3n) is 3.08. The number of anilines is 1. The molecule has 0 bridgehead atoms. The van der Waals surface area contributed by atoms with Gasteiger partial charge in [-0.05, 0) is 43.7 Å². The normalized spacial score (nSPS) is 10.3. The van der Waals surface area contributed by atoms with Gasteiger partial charge in [-0.1, -0.05) is 23.8 Å². The lowest BCUT2D eigenvalue weighted by Gasteiger charge is -2.18. The van der Waals surface area contributed by atoms with Gasteiger partial charge in [0, 0.05) is 12.7 Å². The van der Waals surface area contributed by atoms with Gasteiger partial charge in [0.2, 0.25) is 0 Å². The summed E-state index contributed by atoms with van der Waals surface area (Å²) in [6, 6.07) is 12.2. The number of nitrogens with zero attached hydrogens (tertiary/aromatic N) is 1. The van der Waals surface area contributed by atoms with Crippen molar-refractivity contribution >= 4 is 11.6 Å². The molecule has 0 radical (unpaired) electrons. The Morgan fingerprint density at radius 1 is 1.00 bits per heavy atom. The first-order valence-corrected chi connectivity index (χ1v) is 6.10. The largest absolute Gasteiger partial charge is 0.311 e. The molecule has 0 saturated heterocycles. The molecule has 0 fully saturated rings. The molecule has 98 valence electrons. The Morgan fingerprint density at radius 3 is 2.16 bits per heavy atom. The van der Waals surface area contributed by atoms with Gasteiger partial charge in [0.25, 0.3) is 5.91 Å². The number of hydrogen-bond acceptors (Lipinski definition) is 1. The van der Waals surface area contributed by atoms with Crippen LogP contribution in [0.25, 0.3) is 0 Å². The number of carbonyl (C=O) groups is 1. The second-order valence-electron chi connectivity index (χ2n) is 4.68. The molecule has 0 N–H and O–H groups in total. The standard InChI is InChI=1S/C16H16FNO/c1-11-4-7-13(8-5-11)18(3)16(19)14-9-6-12(2)10-15(14)17/h4-10H,1-3H3. The molecule has 0 aliphatic rings. The summed E-state index contributed by atoms with van der Waals surface area (Å²) in [5.41, 5.74) is 2.75. The molecule has 0 aliphatic carbocycles. The fraction of sp³-hybridized carbons (Fsp3) is 0.188. The summed E-state index contributed by atoms with van der Waals surface area (Å²) < 4.78 is 13.8. The Labute approximate surface area is 112 Å². The first-order valence-electron chi connectivity index (χ1n) is 6.10. The molecule has 1 amide bonds. The van der Waals surface area contributed by atoms with Gasteiger partial charge in [-0.3, -0.25) is 4.79 Å². The first kappa shape index (κ1) is 13.3. The summed E-state index contributed by atoms with van der Waals surface area (Å²) in [7, 11) is 1.65. The van der Waals surface area contributed by atoms with Crippen molar-refractivity contribution in [2.24, 2.45) is 0 Å². The van der Waals surface area contributed by atoms with E-state index in [9.17, 15) is 9.18 Å². The van der Waals surface area contributed by atoms with Gasteiger partial charge < -0.3 is 4.90 Å². The highest BCUT2D eigenvalue weighted by Gasteiger charge is 2.17. The fourth-order valence-corrected chi connectivity index (χ4v) is 1.86. The van der Waals surface area contributed by atoms with Crippen LogP contribution in [0.3, 0.4) is 0 Å². The highest BCUT2D eigenvalue weighted by Crippen LogP contribution is 2.18. The molecular formula is C16H16FNO. The van der Waals surface area contributed by atoms with E-state index in [1.165, 1.54) is 17.0 Å². The van der Waals surface area contributed by atoms with Crippen molar-refractivity contribution < 1.29 is 9.18 Å². The van der Waals surface area contributed by atoms with Gasteiger partial charge >= 0.3 is 0 Å². The number of amides is 1. The van der Waals surface area contributed by atoms with Gasteiger partial charge in [0.1, 0.15) is 5.82 Å². The number of benzene rings is 2. The predicted octanol–water partition coefficient (Wildman–Crippen LogP) is 3.72. The van der Waals surface area contributed by atoms with Crippen molar-refractivity contribution in [1.29, 1.82) is 0 Å². The third kappa shape index (κ3) is 2.81. The lowest BCUT2D eigenvalue weighted by Crippen LogP contribution is -2.27. The minimum atomic E-state index is -0.482. The fourth-order valence-electron chi connectivity index (χ4n) is 1.86. The van der Waals surface area contributed by atoms with Crippen LogP contribution in [0.1, 0.15) is 21.5 Å². The third-order valence-corrected chi connectivity index (χ3v) is 3.08. The van der Waals surface area contributed by atoms with E-state index in [0.29, 0.717) is 0 Å². The minimum absolute atomic E-state index is 0.0914. The van der Waals surface area contributed by atoms with Crippen molar-refractivity contribution in [3.63, 3.8) is 0 Å². The van der Waals surface area contributed by atoms with Crippen molar-refractivity contribution in [1.82, 2.24) is 0 Å². The molecule has 0 saturated carbocycles. The van der Waals surface area contributed by atoms with Gasteiger partial charge in [-0.2, -0.15) is 0 Å². The highest BCUT2D eigenvalue weighted by molar-refractivity contribution is 6.05. The summed E-state index contributed by atoms with van der Waals surface area (Å²) in [5.74, 6) is -0.828. The van der Waals surface area contributed by atoms with Crippen LogP contribution in [0.5, 0.6) is 0 Å². The van der Waals surface area contributed by atoms with Gasteiger partial charge in [0.15, 0.2) is 0 Å². The number of aryl methyl sites for hydroxylation is 2. The monoisotopic (exact) mass is 257 g/mol. The average Bonchev–Trinajstić information content (AvgIpc) is 2.38. The second kappa shape index (κ2) is 5.22. The average molecular weight is 257 g/mol. The van der Waals surface area contributed by atoms with Gasteiger partial charge in [0.05, 0.1) is 5.56 Å². The summed E-state index contributed by atoms with van der Waals surface area (Å²) in [4.78, 5) is 13.7. The van der Waals surface area contributed by atoms with E-state index >= 15 is 0 Å². The molecular weight excluding hydrogens is 241 g/mol. The van der Waals surface area contributed by atoms with Crippen LogP contribution >= 0.6 is 0 Å². The Bertz CT molecular complexity index is 605. The van der Waals surface area contributed by atoms with E-state index in [-0.39, 0.29) is 11.5 Å². The summed E-state index contributed by atoms with van der Waals surface area (Å²) >= 11 is 0. The molecule has 2 aromatic rings. The van der Waals surface area contributed by atoms with E-state index < -0.39 is 5.82 Å². The molecule has 0 spiro atoms. The number of halogens is 1. The number of rotatable bonds is 2. The molecule has 2 rings (SSSR count).